The Balaban J connectivity index is 2.54. The number of hydrogen-bond donors (Lipinski definition) is 2. The summed E-state index contributed by atoms with van der Waals surface area (Å²) in [5.74, 6) is -0.299. The maximum absolute atomic E-state index is 11.2. The van der Waals surface area contributed by atoms with Gasteiger partial charge in [-0.1, -0.05) is 0 Å². The van der Waals surface area contributed by atoms with Gasteiger partial charge in [0.1, 0.15) is 0 Å². The molecule has 0 aromatic carbocycles. The highest BCUT2D eigenvalue weighted by Crippen LogP contribution is 1.94. The molecule has 0 amide bonds. The molecule has 1 rings (SSSR count). The quantitative estimate of drug-likeness (QED) is 0.692. The number of nitrogens with zero attached hydrogens (tertiary/aromatic N) is 2. The van der Waals surface area contributed by atoms with Gasteiger partial charge in [0.15, 0.2) is 0 Å². The van der Waals surface area contributed by atoms with E-state index in [-0.39, 0.29) is 12.3 Å². The lowest BCUT2D eigenvalue weighted by Crippen LogP contribution is -2.27. The first-order valence-corrected chi connectivity index (χ1v) is 6.04. The van der Waals surface area contributed by atoms with E-state index in [9.17, 15) is 8.42 Å². The minimum absolute atomic E-state index is 0.0929. The van der Waals surface area contributed by atoms with Gasteiger partial charge in [0.05, 0.1) is 36.5 Å². The fraction of sp³-hybridized carbons (Fsp3) is 0.500. The van der Waals surface area contributed by atoms with Gasteiger partial charge >= 0.3 is 0 Å². The third-order valence-electron chi connectivity index (χ3n) is 1.67. The van der Waals surface area contributed by atoms with Gasteiger partial charge in [-0.05, 0) is 6.92 Å². The zero-order chi connectivity index (χ0) is 11.3. The van der Waals surface area contributed by atoms with Crippen LogP contribution in [0.15, 0.2) is 12.4 Å². The predicted octanol–water partition coefficient (Wildman–Crippen LogP) is -0.803. The summed E-state index contributed by atoms with van der Waals surface area (Å²) in [7, 11) is -3.41. The summed E-state index contributed by atoms with van der Waals surface area (Å²) < 4.78 is 24.6. The number of aliphatic hydroxyl groups excluding tert-OH is 1. The van der Waals surface area contributed by atoms with Gasteiger partial charge in [-0.15, -0.1) is 0 Å². The van der Waals surface area contributed by atoms with Gasteiger partial charge in [0.25, 0.3) is 0 Å². The van der Waals surface area contributed by atoms with E-state index in [1.165, 1.54) is 6.20 Å². The van der Waals surface area contributed by atoms with E-state index < -0.39 is 16.6 Å². The molecule has 0 atom stereocenters. The Bertz CT molecular complexity index is 402. The molecule has 1 aromatic heterocycles. The Morgan fingerprint density at radius 3 is 2.67 bits per heavy atom. The van der Waals surface area contributed by atoms with Gasteiger partial charge in [-0.2, -0.15) is 0 Å². The lowest BCUT2D eigenvalue weighted by Gasteiger charge is -2.04. The van der Waals surface area contributed by atoms with Crippen LogP contribution in [0.2, 0.25) is 0 Å². The van der Waals surface area contributed by atoms with Crippen LogP contribution in [-0.4, -0.2) is 35.9 Å². The second kappa shape index (κ2) is 5.15. The maximum atomic E-state index is 11.2. The van der Waals surface area contributed by atoms with E-state index in [2.05, 4.69) is 14.7 Å². The maximum Gasteiger partial charge on any atom is 0.214 e. The monoisotopic (exact) mass is 231 g/mol. The molecule has 6 nitrogen and oxygen atoms in total. The standard InChI is InChI=1S/C8H13N3O3S/c1-7-4-10-8(5-9-7)6-11-15(13,14)3-2-12/h4-5,11-12H,2-3,6H2,1H3. The summed E-state index contributed by atoms with van der Waals surface area (Å²) in [6.07, 6.45) is 3.08. The average molecular weight is 231 g/mol. The fourth-order valence-electron chi connectivity index (χ4n) is 0.887. The Labute approximate surface area is 88.4 Å². The Hall–Kier alpha value is -1.05. The molecule has 0 radical (unpaired) electrons. The molecule has 0 fully saturated rings. The number of hydrogen-bond acceptors (Lipinski definition) is 5. The van der Waals surface area contributed by atoms with Crippen LogP contribution in [0.25, 0.3) is 0 Å². The van der Waals surface area contributed by atoms with Crippen molar-refractivity contribution in [1.82, 2.24) is 14.7 Å². The van der Waals surface area contributed by atoms with Crippen LogP contribution in [0.1, 0.15) is 11.4 Å². The molecule has 0 unspecified atom stereocenters. The smallest absolute Gasteiger partial charge is 0.214 e. The van der Waals surface area contributed by atoms with Gasteiger partial charge in [-0.25, -0.2) is 13.1 Å². The van der Waals surface area contributed by atoms with E-state index in [1.807, 2.05) is 0 Å². The molecule has 1 aromatic rings. The summed E-state index contributed by atoms with van der Waals surface area (Å²) >= 11 is 0. The highest BCUT2D eigenvalue weighted by molar-refractivity contribution is 7.89. The van der Waals surface area contributed by atoms with Crippen molar-refractivity contribution in [2.24, 2.45) is 0 Å². The van der Waals surface area contributed by atoms with Crippen LogP contribution >= 0.6 is 0 Å². The van der Waals surface area contributed by atoms with Crippen molar-refractivity contribution in [1.29, 1.82) is 0 Å². The molecule has 0 bridgehead atoms. The van der Waals surface area contributed by atoms with E-state index in [1.54, 1.807) is 13.1 Å². The second-order valence-corrected chi connectivity index (χ2v) is 4.94. The van der Waals surface area contributed by atoms with Gasteiger partial charge in [0, 0.05) is 6.20 Å². The van der Waals surface area contributed by atoms with Gasteiger partial charge in [-0.3, -0.25) is 9.97 Å². The van der Waals surface area contributed by atoms with Crippen molar-refractivity contribution in [2.75, 3.05) is 12.4 Å². The van der Waals surface area contributed by atoms with E-state index in [0.717, 1.165) is 5.69 Å². The molecular weight excluding hydrogens is 218 g/mol. The Kier molecular flexibility index (Phi) is 4.13. The van der Waals surface area contributed by atoms with Crippen LogP contribution in [0, 0.1) is 6.92 Å². The molecule has 0 spiro atoms. The van der Waals surface area contributed by atoms with E-state index in [0.29, 0.717) is 5.69 Å². The fourth-order valence-corrected chi connectivity index (χ4v) is 1.64. The van der Waals surface area contributed by atoms with Crippen LogP contribution in [0.5, 0.6) is 0 Å². The van der Waals surface area contributed by atoms with Crippen LogP contribution in [-0.2, 0) is 16.6 Å². The summed E-state index contributed by atoms with van der Waals surface area (Å²) in [6.45, 7) is 1.50. The second-order valence-electron chi connectivity index (χ2n) is 3.01. The first kappa shape index (κ1) is 12.0. The third kappa shape index (κ3) is 4.32. The van der Waals surface area contributed by atoms with Gasteiger partial charge in [0.2, 0.25) is 10.0 Å². The molecular formula is C8H13N3O3S. The van der Waals surface area contributed by atoms with Crippen LogP contribution < -0.4 is 4.72 Å². The Morgan fingerprint density at radius 1 is 1.40 bits per heavy atom. The SMILES string of the molecule is Cc1cnc(CNS(=O)(=O)CCO)cn1. The normalized spacial score (nSPS) is 11.6. The highest BCUT2D eigenvalue weighted by atomic mass is 32.2. The number of nitrogens with one attached hydrogen (secondary N) is 1. The van der Waals surface area contributed by atoms with Crippen molar-refractivity contribution in [2.45, 2.75) is 13.5 Å². The molecule has 1 heterocycles. The lowest BCUT2D eigenvalue weighted by atomic mass is 10.4. The Morgan fingerprint density at radius 2 is 2.13 bits per heavy atom. The third-order valence-corrected chi connectivity index (χ3v) is 2.97. The number of sulfonamides is 1. The number of rotatable bonds is 5. The summed E-state index contributed by atoms with van der Waals surface area (Å²) in [5.41, 5.74) is 1.32. The molecule has 15 heavy (non-hydrogen) atoms. The lowest BCUT2D eigenvalue weighted by molar-refractivity contribution is 0.319. The minimum atomic E-state index is -3.41. The van der Waals surface area contributed by atoms with E-state index >= 15 is 0 Å². The summed E-state index contributed by atoms with van der Waals surface area (Å²) in [5, 5.41) is 8.49. The molecule has 0 aliphatic carbocycles. The zero-order valence-corrected chi connectivity index (χ0v) is 9.16. The first-order valence-electron chi connectivity index (χ1n) is 4.39. The highest BCUT2D eigenvalue weighted by Gasteiger charge is 2.08. The van der Waals surface area contributed by atoms with Gasteiger partial charge < -0.3 is 5.11 Å². The number of aliphatic hydroxyl groups is 1. The van der Waals surface area contributed by atoms with Crippen molar-refractivity contribution in [3.63, 3.8) is 0 Å². The number of aryl methyl sites for hydroxylation is 1. The largest absolute Gasteiger partial charge is 0.395 e. The van der Waals surface area contributed by atoms with Crippen LogP contribution in [0.4, 0.5) is 0 Å². The molecule has 7 heteroatoms. The molecule has 0 saturated heterocycles. The first-order chi connectivity index (χ1) is 7.03. The summed E-state index contributed by atoms with van der Waals surface area (Å²) in [4.78, 5) is 7.97. The predicted molar refractivity (Wildman–Crippen MR) is 54.5 cm³/mol. The molecule has 0 aliphatic rings. The van der Waals surface area contributed by atoms with E-state index in [4.69, 9.17) is 5.11 Å². The van der Waals surface area contributed by atoms with Crippen molar-refractivity contribution >= 4 is 10.0 Å². The molecule has 84 valence electrons. The molecule has 0 saturated carbocycles. The minimum Gasteiger partial charge on any atom is -0.395 e. The van der Waals surface area contributed by atoms with Crippen molar-refractivity contribution in [3.05, 3.63) is 23.8 Å². The topological polar surface area (TPSA) is 92.2 Å². The number of aromatic nitrogens is 2. The van der Waals surface area contributed by atoms with Crippen molar-refractivity contribution in [3.8, 4) is 0 Å². The molecule has 0 aliphatic heterocycles. The average Bonchev–Trinajstić information content (AvgIpc) is 2.17. The summed E-state index contributed by atoms with van der Waals surface area (Å²) in [6, 6.07) is 0. The van der Waals surface area contributed by atoms with Crippen LogP contribution in [0.3, 0.4) is 0 Å². The van der Waals surface area contributed by atoms with Crippen molar-refractivity contribution < 1.29 is 13.5 Å². The molecule has 2 N–H and O–H groups in total. The zero-order valence-electron chi connectivity index (χ0n) is 8.34.